The van der Waals surface area contributed by atoms with Gasteiger partial charge in [0.2, 0.25) is 0 Å². The number of urea groups is 1. The number of hydrogen-bond acceptors (Lipinski definition) is 3. The minimum absolute atomic E-state index is 0.199. The standard InChI is InChI=1S/C14H18N4O2/c1-10-8-13(16-14(20)15-9-11(2)19)18(17-10)12-6-4-3-5-7-12/h3-8,11,19H,9H2,1-2H3,(H2,15,16,20). The Bertz CT molecular complexity index is 578. The van der Waals surface area contributed by atoms with Gasteiger partial charge in [0.15, 0.2) is 0 Å². The number of aliphatic hydroxyl groups is 1. The van der Waals surface area contributed by atoms with Gasteiger partial charge in [-0.25, -0.2) is 9.48 Å². The summed E-state index contributed by atoms with van der Waals surface area (Å²) in [6.45, 7) is 3.67. The smallest absolute Gasteiger partial charge is 0.320 e. The van der Waals surface area contributed by atoms with Crippen LogP contribution in [0, 0.1) is 6.92 Å². The van der Waals surface area contributed by atoms with E-state index in [9.17, 15) is 4.79 Å². The van der Waals surface area contributed by atoms with E-state index in [-0.39, 0.29) is 12.6 Å². The molecule has 0 aliphatic rings. The summed E-state index contributed by atoms with van der Waals surface area (Å²) in [5.74, 6) is 0.580. The molecule has 1 heterocycles. The van der Waals surface area contributed by atoms with Gasteiger partial charge >= 0.3 is 6.03 Å². The van der Waals surface area contributed by atoms with Crippen LogP contribution in [0.1, 0.15) is 12.6 Å². The fourth-order valence-electron chi connectivity index (χ4n) is 1.76. The molecular formula is C14H18N4O2. The Morgan fingerprint density at radius 1 is 1.40 bits per heavy atom. The van der Waals surface area contributed by atoms with Crippen molar-refractivity contribution in [2.75, 3.05) is 11.9 Å². The maximum Gasteiger partial charge on any atom is 0.320 e. The van der Waals surface area contributed by atoms with Gasteiger partial charge in [-0.2, -0.15) is 5.10 Å². The zero-order valence-electron chi connectivity index (χ0n) is 11.5. The van der Waals surface area contributed by atoms with E-state index in [1.807, 2.05) is 37.3 Å². The maximum atomic E-state index is 11.7. The quantitative estimate of drug-likeness (QED) is 0.793. The third kappa shape index (κ3) is 3.58. The number of hydrogen-bond donors (Lipinski definition) is 3. The molecule has 2 aromatic rings. The predicted molar refractivity (Wildman–Crippen MR) is 77.0 cm³/mol. The summed E-state index contributed by atoms with van der Waals surface area (Å²) in [4.78, 5) is 11.7. The van der Waals surface area contributed by atoms with E-state index in [1.165, 1.54) is 0 Å². The third-order valence-corrected chi connectivity index (χ3v) is 2.63. The molecule has 0 radical (unpaired) electrons. The van der Waals surface area contributed by atoms with Gasteiger partial charge in [0.1, 0.15) is 5.82 Å². The molecule has 106 valence electrons. The molecule has 0 saturated carbocycles. The monoisotopic (exact) mass is 274 g/mol. The van der Waals surface area contributed by atoms with Gasteiger partial charge in [-0.3, -0.25) is 5.32 Å². The van der Waals surface area contributed by atoms with Crippen LogP contribution in [0.25, 0.3) is 5.69 Å². The summed E-state index contributed by atoms with van der Waals surface area (Å²) in [7, 11) is 0. The highest BCUT2D eigenvalue weighted by Gasteiger charge is 2.10. The molecule has 6 nitrogen and oxygen atoms in total. The first-order valence-electron chi connectivity index (χ1n) is 6.41. The number of para-hydroxylation sites is 1. The SMILES string of the molecule is Cc1cc(NC(=O)NCC(C)O)n(-c2ccccc2)n1. The fourth-order valence-corrected chi connectivity index (χ4v) is 1.76. The van der Waals surface area contributed by atoms with Crippen molar-refractivity contribution in [2.24, 2.45) is 0 Å². The Balaban J connectivity index is 2.14. The number of anilines is 1. The molecule has 2 rings (SSSR count). The molecule has 0 spiro atoms. The molecule has 2 amide bonds. The molecule has 0 fully saturated rings. The number of carbonyl (C=O) groups is 1. The van der Waals surface area contributed by atoms with Crippen LogP contribution in [0.15, 0.2) is 36.4 Å². The van der Waals surface area contributed by atoms with Crippen LogP contribution in [-0.4, -0.2) is 33.6 Å². The second-order valence-corrected chi connectivity index (χ2v) is 4.60. The van der Waals surface area contributed by atoms with Crippen molar-refractivity contribution in [3.05, 3.63) is 42.1 Å². The Morgan fingerprint density at radius 3 is 2.75 bits per heavy atom. The van der Waals surface area contributed by atoms with Gasteiger partial charge in [0.05, 0.1) is 17.5 Å². The van der Waals surface area contributed by atoms with Crippen LogP contribution in [0.2, 0.25) is 0 Å². The summed E-state index contributed by atoms with van der Waals surface area (Å²) in [6.07, 6.45) is -0.582. The highest BCUT2D eigenvalue weighted by Crippen LogP contribution is 2.16. The molecule has 1 unspecified atom stereocenters. The van der Waals surface area contributed by atoms with E-state index in [1.54, 1.807) is 17.7 Å². The summed E-state index contributed by atoms with van der Waals surface area (Å²) < 4.78 is 1.66. The Morgan fingerprint density at radius 2 is 2.10 bits per heavy atom. The van der Waals surface area contributed by atoms with E-state index in [0.717, 1.165) is 11.4 Å². The van der Waals surface area contributed by atoms with Crippen LogP contribution in [0.5, 0.6) is 0 Å². The summed E-state index contributed by atoms with van der Waals surface area (Å²) >= 11 is 0. The largest absolute Gasteiger partial charge is 0.392 e. The fraction of sp³-hybridized carbons (Fsp3) is 0.286. The van der Waals surface area contributed by atoms with Crippen LogP contribution < -0.4 is 10.6 Å². The number of carbonyl (C=O) groups excluding carboxylic acids is 1. The lowest BCUT2D eigenvalue weighted by atomic mass is 10.3. The van der Waals surface area contributed by atoms with Crippen molar-refractivity contribution in [3.63, 3.8) is 0 Å². The molecule has 0 aliphatic heterocycles. The van der Waals surface area contributed by atoms with E-state index in [2.05, 4.69) is 15.7 Å². The normalized spacial score (nSPS) is 11.9. The van der Waals surface area contributed by atoms with Crippen LogP contribution in [0.4, 0.5) is 10.6 Å². The minimum Gasteiger partial charge on any atom is -0.392 e. The first kappa shape index (κ1) is 14.1. The third-order valence-electron chi connectivity index (χ3n) is 2.63. The predicted octanol–water partition coefficient (Wildman–Crippen LogP) is 1.68. The summed E-state index contributed by atoms with van der Waals surface area (Å²) in [5, 5.41) is 18.8. The van der Waals surface area contributed by atoms with Gasteiger partial charge in [0.25, 0.3) is 0 Å². The number of aryl methyl sites for hydroxylation is 1. The zero-order valence-corrected chi connectivity index (χ0v) is 11.5. The molecule has 3 N–H and O–H groups in total. The highest BCUT2D eigenvalue weighted by atomic mass is 16.3. The lowest BCUT2D eigenvalue weighted by molar-refractivity contribution is 0.190. The number of benzene rings is 1. The van der Waals surface area contributed by atoms with E-state index in [4.69, 9.17) is 5.11 Å². The molecule has 0 bridgehead atoms. The van der Waals surface area contributed by atoms with Crippen molar-refractivity contribution >= 4 is 11.8 Å². The Hall–Kier alpha value is -2.34. The molecule has 1 aromatic carbocycles. The van der Waals surface area contributed by atoms with Gasteiger partial charge in [-0.15, -0.1) is 0 Å². The second kappa shape index (κ2) is 6.21. The van der Waals surface area contributed by atoms with Gasteiger partial charge < -0.3 is 10.4 Å². The Labute approximate surface area is 117 Å². The van der Waals surface area contributed by atoms with Gasteiger partial charge in [0, 0.05) is 12.6 Å². The van der Waals surface area contributed by atoms with Gasteiger partial charge in [-0.05, 0) is 26.0 Å². The second-order valence-electron chi connectivity index (χ2n) is 4.60. The van der Waals surface area contributed by atoms with Crippen molar-refractivity contribution in [1.29, 1.82) is 0 Å². The van der Waals surface area contributed by atoms with Crippen LogP contribution in [0.3, 0.4) is 0 Å². The van der Waals surface area contributed by atoms with E-state index < -0.39 is 6.10 Å². The average molecular weight is 274 g/mol. The molecule has 6 heteroatoms. The number of nitrogens with zero attached hydrogens (tertiary/aromatic N) is 2. The first-order chi connectivity index (χ1) is 9.56. The molecule has 1 aromatic heterocycles. The minimum atomic E-state index is -0.582. The Kier molecular flexibility index (Phi) is 4.37. The number of aliphatic hydroxyl groups excluding tert-OH is 1. The summed E-state index contributed by atoms with van der Waals surface area (Å²) in [5.41, 5.74) is 1.67. The lowest BCUT2D eigenvalue weighted by Crippen LogP contribution is -2.34. The lowest BCUT2D eigenvalue weighted by Gasteiger charge is -2.10. The van der Waals surface area contributed by atoms with Crippen LogP contribution >= 0.6 is 0 Å². The average Bonchev–Trinajstić information content (AvgIpc) is 2.78. The number of nitrogens with one attached hydrogen (secondary N) is 2. The highest BCUT2D eigenvalue weighted by molar-refractivity contribution is 5.88. The van der Waals surface area contributed by atoms with Crippen molar-refractivity contribution in [2.45, 2.75) is 20.0 Å². The molecule has 20 heavy (non-hydrogen) atoms. The van der Waals surface area contributed by atoms with Crippen molar-refractivity contribution in [1.82, 2.24) is 15.1 Å². The van der Waals surface area contributed by atoms with E-state index >= 15 is 0 Å². The topological polar surface area (TPSA) is 79.2 Å². The number of amides is 2. The zero-order chi connectivity index (χ0) is 14.5. The molecule has 0 aliphatic carbocycles. The first-order valence-corrected chi connectivity index (χ1v) is 6.41. The van der Waals surface area contributed by atoms with Crippen molar-refractivity contribution in [3.8, 4) is 5.69 Å². The van der Waals surface area contributed by atoms with Gasteiger partial charge in [-0.1, -0.05) is 18.2 Å². The number of aromatic nitrogens is 2. The molecular weight excluding hydrogens is 256 g/mol. The number of rotatable bonds is 4. The molecule has 1 atom stereocenters. The summed E-state index contributed by atoms with van der Waals surface area (Å²) in [6, 6.07) is 11.0. The van der Waals surface area contributed by atoms with Crippen LogP contribution in [-0.2, 0) is 0 Å². The maximum absolute atomic E-state index is 11.7. The van der Waals surface area contributed by atoms with Crippen molar-refractivity contribution < 1.29 is 9.90 Å². The molecule has 0 saturated heterocycles. The van der Waals surface area contributed by atoms with E-state index in [0.29, 0.717) is 5.82 Å².